The Morgan fingerprint density at radius 2 is 1.52 bits per heavy atom. The van der Waals surface area contributed by atoms with Crippen molar-refractivity contribution in [1.29, 1.82) is 0 Å². The third-order valence-corrected chi connectivity index (χ3v) is 4.25. The van der Waals surface area contributed by atoms with E-state index in [9.17, 15) is 14.4 Å². The molecule has 128 valence electrons. The summed E-state index contributed by atoms with van der Waals surface area (Å²) in [6.07, 6.45) is 1.18. The van der Waals surface area contributed by atoms with Crippen LogP contribution >= 0.6 is 0 Å². The van der Waals surface area contributed by atoms with Gasteiger partial charge in [-0.05, 0) is 43.5 Å². The maximum absolute atomic E-state index is 12.2. The molecule has 0 fully saturated rings. The predicted octanol–water partition coefficient (Wildman–Crippen LogP) is 3.23. The number of amides is 2. The highest BCUT2D eigenvalue weighted by atomic mass is 16.5. The number of imide groups is 1. The molecule has 5 heteroatoms. The number of hydrogen-bond donors (Lipinski definition) is 0. The van der Waals surface area contributed by atoms with E-state index in [4.69, 9.17) is 4.74 Å². The fourth-order valence-electron chi connectivity index (χ4n) is 2.86. The second-order valence-electron chi connectivity index (χ2n) is 5.97. The van der Waals surface area contributed by atoms with E-state index in [-0.39, 0.29) is 24.4 Å². The number of carbonyl (C=O) groups is 3. The lowest BCUT2D eigenvalue weighted by Gasteiger charge is -2.13. The van der Waals surface area contributed by atoms with Crippen LogP contribution in [-0.2, 0) is 4.74 Å². The number of ether oxygens (including phenoxy) is 1. The fourth-order valence-corrected chi connectivity index (χ4v) is 2.86. The third kappa shape index (κ3) is 3.45. The van der Waals surface area contributed by atoms with E-state index in [0.717, 1.165) is 5.56 Å². The zero-order valence-corrected chi connectivity index (χ0v) is 14.0. The molecule has 0 bridgehead atoms. The molecule has 0 aromatic heterocycles. The summed E-state index contributed by atoms with van der Waals surface area (Å²) in [5.74, 6) is -0.853. The first-order valence-electron chi connectivity index (χ1n) is 8.27. The number of aryl methyl sites for hydroxylation is 1. The molecule has 1 heterocycles. The van der Waals surface area contributed by atoms with Gasteiger partial charge >= 0.3 is 5.97 Å². The minimum absolute atomic E-state index is 0.252. The highest BCUT2D eigenvalue weighted by molar-refractivity contribution is 6.21. The number of rotatable bonds is 6. The SMILES string of the molecule is Cc1ccccc1C(=O)OCCCCN1C(=O)c2ccccc2C1=O. The average Bonchev–Trinajstić information content (AvgIpc) is 2.86. The van der Waals surface area contributed by atoms with E-state index in [0.29, 0.717) is 36.1 Å². The summed E-state index contributed by atoms with van der Waals surface area (Å²) < 4.78 is 5.26. The maximum Gasteiger partial charge on any atom is 0.338 e. The number of benzene rings is 2. The highest BCUT2D eigenvalue weighted by Crippen LogP contribution is 2.22. The Balaban J connectivity index is 1.45. The summed E-state index contributed by atoms with van der Waals surface area (Å²) in [5.41, 5.74) is 2.35. The Kier molecular flexibility index (Phi) is 4.93. The lowest BCUT2D eigenvalue weighted by atomic mass is 10.1. The summed E-state index contributed by atoms with van der Waals surface area (Å²) in [6, 6.07) is 14.1. The van der Waals surface area contributed by atoms with E-state index >= 15 is 0 Å². The number of hydrogen-bond acceptors (Lipinski definition) is 4. The molecule has 1 aliphatic heterocycles. The van der Waals surface area contributed by atoms with Crippen molar-refractivity contribution in [2.45, 2.75) is 19.8 Å². The average molecular weight is 337 g/mol. The second-order valence-corrected chi connectivity index (χ2v) is 5.97. The van der Waals surface area contributed by atoms with Crippen LogP contribution in [0, 0.1) is 6.92 Å². The van der Waals surface area contributed by atoms with Crippen molar-refractivity contribution < 1.29 is 19.1 Å². The zero-order chi connectivity index (χ0) is 17.8. The molecule has 0 radical (unpaired) electrons. The van der Waals surface area contributed by atoms with E-state index in [1.807, 2.05) is 19.1 Å². The van der Waals surface area contributed by atoms with Gasteiger partial charge in [0.05, 0.1) is 23.3 Å². The highest BCUT2D eigenvalue weighted by Gasteiger charge is 2.34. The number of esters is 1. The Bertz CT molecular complexity index is 793. The van der Waals surface area contributed by atoms with Crippen LogP contribution in [0.2, 0.25) is 0 Å². The Morgan fingerprint density at radius 3 is 2.16 bits per heavy atom. The molecule has 2 aromatic rings. The molecule has 0 unspecified atom stereocenters. The predicted molar refractivity (Wildman–Crippen MR) is 92.5 cm³/mol. The van der Waals surface area contributed by atoms with Gasteiger partial charge < -0.3 is 4.74 Å². The van der Waals surface area contributed by atoms with Crippen LogP contribution in [0.25, 0.3) is 0 Å². The Hall–Kier alpha value is -2.95. The van der Waals surface area contributed by atoms with Gasteiger partial charge in [0.15, 0.2) is 0 Å². The Labute approximate surface area is 146 Å². The summed E-state index contributed by atoms with van der Waals surface area (Å²) in [5, 5.41) is 0. The summed E-state index contributed by atoms with van der Waals surface area (Å²) in [7, 11) is 0. The first-order valence-corrected chi connectivity index (χ1v) is 8.27. The normalized spacial score (nSPS) is 13.1. The zero-order valence-electron chi connectivity index (χ0n) is 14.0. The number of nitrogens with zero attached hydrogens (tertiary/aromatic N) is 1. The molecule has 0 N–H and O–H groups in total. The lowest BCUT2D eigenvalue weighted by Crippen LogP contribution is -2.30. The lowest BCUT2D eigenvalue weighted by molar-refractivity contribution is 0.0485. The largest absolute Gasteiger partial charge is 0.462 e. The van der Waals surface area contributed by atoms with Gasteiger partial charge in [-0.15, -0.1) is 0 Å². The van der Waals surface area contributed by atoms with Crippen molar-refractivity contribution in [3.05, 3.63) is 70.8 Å². The molecule has 0 aliphatic carbocycles. The van der Waals surface area contributed by atoms with Gasteiger partial charge in [0, 0.05) is 6.54 Å². The monoisotopic (exact) mass is 337 g/mol. The minimum atomic E-state index is -0.348. The number of fused-ring (bicyclic) bond motifs is 1. The van der Waals surface area contributed by atoms with Gasteiger partial charge in [0.2, 0.25) is 0 Å². The van der Waals surface area contributed by atoms with Crippen LogP contribution in [-0.4, -0.2) is 35.8 Å². The molecular formula is C20H19NO4. The molecule has 1 aliphatic rings. The van der Waals surface area contributed by atoms with Gasteiger partial charge in [0.1, 0.15) is 0 Å². The van der Waals surface area contributed by atoms with Crippen molar-refractivity contribution in [1.82, 2.24) is 4.90 Å². The van der Waals surface area contributed by atoms with Crippen molar-refractivity contribution in [2.24, 2.45) is 0 Å². The maximum atomic E-state index is 12.2. The van der Waals surface area contributed by atoms with Gasteiger partial charge in [0.25, 0.3) is 11.8 Å². The molecule has 2 amide bonds. The van der Waals surface area contributed by atoms with Crippen molar-refractivity contribution in [3.8, 4) is 0 Å². The summed E-state index contributed by atoms with van der Waals surface area (Å²) in [6.45, 7) is 2.45. The smallest absolute Gasteiger partial charge is 0.338 e. The quantitative estimate of drug-likeness (QED) is 0.461. The van der Waals surface area contributed by atoms with Crippen molar-refractivity contribution >= 4 is 17.8 Å². The first kappa shape index (κ1) is 16.9. The van der Waals surface area contributed by atoms with Crippen LogP contribution in [0.1, 0.15) is 49.5 Å². The standard InChI is InChI=1S/C20H19NO4/c1-14-8-2-3-9-15(14)20(24)25-13-7-6-12-21-18(22)16-10-4-5-11-17(16)19(21)23/h2-5,8-11H,6-7,12-13H2,1H3. The van der Waals surface area contributed by atoms with Crippen LogP contribution in [0.3, 0.4) is 0 Å². The van der Waals surface area contributed by atoms with E-state index in [2.05, 4.69) is 0 Å². The van der Waals surface area contributed by atoms with Gasteiger partial charge in [-0.3, -0.25) is 14.5 Å². The second kappa shape index (κ2) is 7.30. The van der Waals surface area contributed by atoms with Crippen LogP contribution in [0.15, 0.2) is 48.5 Å². The van der Waals surface area contributed by atoms with Gasteiger partial charge in [-0.1, -0.05) is 30.3 Å². The van der Waals surface area contributed by atoms with Gasteiger partial charge in [-0.25, -0.2) is 4.79 Å². The fraction of sp³-hybridized carbons (Fsp3) is 0.250. The minimum Gasteiger partial charge on any atom is -0.462 e. The van der Waals surface area contributed by atoms with Crippen LogP contribution < -0.4 is 0 Å². The molecule has 0 spiro atoms. The van der Waals surface area contributed by atoms with Gasteiger partial charge in [-0.2, -0.15) is 0 Å². The number of carbonyl (C=O) groups excluding carboxylic acids is 3. The van der Waals surface area contributed by atoms with Crippen molar-refractivity contribution in [3.63, 3.8) is 0 Å². The Morgan fingerprint density at radius 1 is 0.920 bits per heavy atom. The topological polar surface area (TPSA) is 63.7 Å². The first-order chi connectivity index (χ1) is 12.1. The molecule has 5 nitrogen and oxygen atoms in total. The van der Waals surface area contributed by atoms with Crippen LogP contribution in [0.5, 0.6) is 0 Å². The molecule has 0 atom stereocenters. The van der Waals surface area contributed by atoms with Crippen LogP contribution in [0.4, 0.5) is 0 Å². The molecule has 25 heavy (non-hydrogen) atoms. The molecule has 2 aromatic carbocycles. The van der Waals surface area contributed by atoms with E-state index < -0.39 is 0 Å². The van der Waals surface area contributed by atoms with E-state index in [1.165, 1.54) is 4.90 Å². The van der Waals surface area contributed by atoms with Crippen molar-refractivity contribution in [2.75, 3.05) is 13.2 Å². The molecule has 0 saturated carbocycles. The molecule has 3 rings (SSSR count). The third-order valence-electron chi connectivity index (χ3n) is 4.25. The summed E-state index contributed by atoms with van der Waals surface area (Å²) in [4.78, 5) is 37.7. The molecular weight excluding hydrogens is 318 g/mol. The number of unbranched alkanes of at least 4 members (excludes halogenated alkanes) is 1. The van der Waals surface area contributed by atoms with E-state index in [1.54, 1.807) is 36.4 Å². The summed E-state index contributed by atoms with van der Waals surface area (Å²) >= 11 is 0. The molecule has 0 saturated heterocycles.